The van der Waals surface area contributed by atoms with Gasteiger partial charge in [-0.25, -0.2) is 0 Å². The fourth-order valence-corrected chi connectivity index (χ4v) is 1.32. The van der Waals surface area contributed by atoms with Crippen LogP contribution in [0.4, 0.5) is 0 Å². The molecule has 3 heteroatoms. The van der Waals surface area contributed by atoms with E-state index < -0.39 is 0 Å². The van der Waals surface area contributed by atoms with Crippen LogP contribution in [-0.2, 0) is 14.3 Å². The first kappa shape index (κ1) is 16.6. The first-order valence-electron chi connectivity index (χ1n) is 6.36. The third-order valence-corrected chi connectivity index (χ3v) is 2.45. The van der Waals surface area contributed by atoms with Gasteiger partial charge in [0.05, 0.1) is 6.42 Å². The second kappa shape index (κ2) is 9.63. The number of Topliss-reactive ketones (excluding diaryl/α,β-unsaturated/α-hetero) is 1. The molecule has 0 saturated carbocycles. The highest BCUT2D eigenvalue weighted by Crippen LogP contribution is 2.06. The van der Waals surface area contributed by atoms with E-state index in [9.17, 15) is 9.59 Å². The molecule has 0 aromatic rings. The summed E-state index contributed by atoms with van der Waals surface area (Å²) in [6.45, 7) is 7.96. The van der Waals surface area contributed by atoms with Crippen molar-refractivity contribution in [2.45, 2.75) is 53.4 Å². The summed E-state index contributed by atoms with van der Waals surface area (Å²) in [5.74, 6) is -0.293. The maximum atomic E-state index is 11.2. The fourth-order valence-electron chi connectivity index (χ4n) is 1.32. The minimum absolute atomic E-state index is 0.0143. The largest absolute Gasteiger partial charge is 0.461 e. The number of allylic oxidation sites excluding steroid dienone is 3. The average molecular weight is 252 g/mol. The molecule has 0 aliphatic carbocycles. The van der Waals surface area contributed by atoms with Crippen molar-refractivity contribution in [3.05, 3.63) is 23.3 Å². The van der Waals surface area contributed by atoms with Crippen LogP contribution in [0.3, 0.4) is 0 Å². The van der Waals surface area contributed by atoms with Crippen molar-refractivity contribution in [3.8, 4) is 0 Å². The van der Waals surface area contributed by atoms with E-state index in [0.29, 0.717) is 6.61 Å². The molecule has 0 unspecified atom stereocenters. The SMILES string of the molecule is CC(=O)CCC(=O)OC/C=C(\C)CCC=C(C)C. The molecule has 0 amide bonds. The number of carbonyl (C=O) groups is 2. The van der Waals surface area contributed by atoms with E-state index in [1.165, 1.54) is 18.1 Å². The van der Waals surface area contributed by atoms with Crippen molar-refractivity contribution in [3.63, 3.8) is 0 Å². The van der Waals surface area contributed by atoms with E-state index in [1.807, 2.05) is 13.0 Å². The maximum Gasteiger partial charge on any atom is 0.306 e. The monoisotopic (exact) mass is 252 g/mol. The normalized spacial score (nSPS) is 11.0. The fraction of sp³-hybridized carbons (Fsp3) is 0.600. The van der Waals surface area contributed by atoms with Crippen LogP contribution in [0.15, 0.2) is 23.3 Å². The summed E-state index contributed by atoms with van der Waals surface area (Å²) < 4.78 is 5.01. The van der Waals surface area contributed by atoms with Crippen molar-refractivity contribution >= 4 is 11.8 Å². The van der Waals surface area contributed by atoms with Crippen LogP contribution in [0.2, 0.25) is 0 Å². The Labute approximate surface area is 110 Å². The molecule has 0 aliphatic heterocycles. The average Bonchev–Trinajstić information content (AvgIpc) is 2.25. The highest BCUT2D eigenvalue weighted by atomic mass is 16.5. The molecule has 0 fully saturated rings. The van der Waals surface area contributed by atoms with E-state index in [0.717, 1.165) is 12.8 Å². The van der Waals surface area contributed by atoms with Crippen molar-refractivity contribution in [1.29, 1.82) is 0 Å². The number of ether oxygens (including phenoxy) is 1. The van der Waals surface area contributed by atoms with E-state index in [4.69, 9.17) is 4.74 Å². The van der Waals surface area contributed by atoms with Crippen LogP contribution < -0.4 is 0 Å². The van der Waals surface area contributed by atoms with Crippen LogP contribution in [0.1, 0.15) is 53.4 Å². The van der Waals surface area contributed by atoms with E-state index in [-0.39, 0.29) is 24.6 Å². The highest BCUT2D eigenvalue weighted by molar-refractivity contribution is 5.80. The molecule has 0 N–H and O–H groups in total. The van der Waals surface area contributed by atoms with Crippen LogP contribution in [-0.4, -0.2) is 18.4 Å². The summed E-state index contributed by atoms with van der Waals surface area (Å²) in [6.07, 6.45) is 6.56. The molecule has 3 nitrogen and oxygen atoms in total. The van der Waals surface area contributed by atoms with E-state index in [2.05, 4.69) is 19.9 Å². The van der Waals surface area contributed by atoms with Gasteiger partial charge in [0, 0.05) is 6.42 Å². The van der Waals surface area contributed by atoms with Gasteiger partial charge in [-0.05, 0) is 46.6 Å². The molecule has 0 atom stereocenters. The number of esters is 1. The van der Waals surface area contributed by atoms with Gasteiger partial charge in [0.2, 0.25) is 0 Å². The van der Waals surface area contributed by atoms with Crippen molar-refractivity contribution in [2.24, 2.45) is 0 Å². The van der Waals surface area contributed by atoms with Crippen LogP contribution in [0.5, 0.6) is 0 Å². The van der Waals surface area contributed by atoms with Gasteiger partial charge in [-0.2, -0.15) is 0 Å². The van der Waals surface area contributed by atoms with Gasteiger partial charge in [0.1, 0.15) is 12.4 Å². The number of hydrogen-bond acceptors (Lipinski definition) is 3. The molecular formula is C15H24O3. The number of carbonyl (C=O) groups excluding carboxylic acids is 2. The summed E-state index contributed by atoms with van der Waals surface area (Å²) in [7, 11) is 0. The lowest BCUT2D eigenvalue weighted by molar-refractivity contribution is -0.143. The Morgan fingerprint density at radius 2 is 1.61 bits per heavy atom. The Bertz CT molecular complexity index is 334. The lowest BCUT2D eigenvalue weighted by Crippen LogP contribution is -2.06. The second-order valence-electron chi connectivity index (χ2n) is 4.76. The van der Waals surface area contributed by atoms with Crippen molar-refractivity contribution < 1.29 is 14.3 Å². The number of hydrogen-bond donors (Lipinski definition) is 0. The summed E-state index contributed by atoms with van der Waals surface area (Å²) in [5, 5.41) is 0. The van der Waals surface area contributed by atoms with Gasteiger partial charge in [-0.1, -0.05) is 17.2 Å². The van der Waals surface area contributed by atoms with Crippen molar-refractivity contribution in [2.75, 3.05) is 6.61 Å². The smallest absolute Gasteiger partial charge is 0.306 e. The van der Waals surface area contributed by atoms with Gasteiger partial charge < -0.3 is 9.53 Å². The number of rotatable bonds is 8. The van der Waals surface area contributed by atoms with E-state index in [1.54, 1.807) is 0 Å². The molecule has 0 heterocycles. The Morgan fingerprint density at radius 3 is 2.17 bits per heavy atom. The molecule has 0 bridgehead atoms. The summed E-state index contributed by atoms with van der Waals surface area (Å²) in [6, 6.07) is 0. The molecule has 18 heavy (non-hydrogen) atoms. The first-order valence-corrected chi connectivity index (χ1v) is 6.36. The maximum absolute atomic E-state index is 11.2. The van der Waals surface area contributed by atoms with Gasteiger partial charge in [-0.15, -0.1) is 0 Å². The van der Waals surface area contributed by atoms with Gasteiger partial charge in [0.25, 0.3) is 0 Å². The molecule has 0 radical (unpaired) electrons. The highest BCUT2D eigenvalue weighted by Gasteiger charge is 2.03. The zero-order chi connectivity index (χ0) is 14.0. The Kier molecular flexibility index (Phi) is 8.89. The van der Waals surface area contributed by atoms with Gasteiger partial charge >= 0.3 is 5.97 Å². The topological polar surface area (TPSA) is 43.4 Å². The van der Waals surface area contributed by atoms with Gasteiger partial charge in [-0.3, -0.25) is 4.79 Å². The predicted molar refractivity (Wildman–Crippen MR) is 73.3 cm³/mol. The lowest BCUT2D eigenvalue weighted by Gasteiger charge is -2.02. The van der Waals surface area contributed by atoms with Crippen molar-refractivity contribution in [1.82, 2.24) is 0 Å². The first-order chi connectivity index (χ1) is 8.41. The third kappa shape index (κ3) is 11.1. The summed E-state index contributed by atoms with van der Waals surface area (Å²) in [4.78, 5) is 21.9. The molecule has 0 aliphatic rings. The molecule has 0 spiro atoms. The van der Waals surface area contributed by atoms with E-state index >= 15 is 0 Å². The molecule has 0 saturated heterocycles. The Balaban J connectivity index is 3.76. The second-order valence-corrected chi connectivity index (χ2v) is 4.76. The van der Waals surface area contributed by atoms with Gasteiger partial charge in [0.15, 0.2) is 0 Å². The molecular weight excluding hydrogens is 228 g/mol. The van der Waals surface area contributed by atoms with Crippen LogP contribution >= 0.6 is 0 Å². The molecule has 102 valence electrons. The molecule has 0 rings (SSSR count). The third-order valence-electron chi connectivity index (χ3n) is 2.45. The zero-order valence-electron chi connectivity index (χ0n) is 11.9. The quantitative estimate of drug-likeness (QED) is 0.490. The Morgan fingerprint density at radius 1 is 0.944 bits per heavy atom. The number of ketones is 1. The lowest BCUT2D eigenvalue weighted by atomic mass is 10.1. The van der Waals surface area contributed by atoms with Crippen LogP contribution in [0.25, 0.3) is 0 Å². The minimum atomic E-state index is -0.307. The summed E-state index contributed by atoms with van der Waals surface area (Å²) in [5.41, 5.74) is 2.53. The predicted octanol–water partition coefficient (Wildman–Crippen LogP) is 3.59. The van der Waals surface area contributed by atoms with Crippen LogP contribution in [0, 0.1) is 0 Å². The molecule has 0 aromatic heterocycles. The standard InChI is InChI=1S/C15H24O3/c1-12(2)6-5-7-13(3)10-11-18-15(17)9-8-14(4)16/h6,10H,5,7-9,11H2,1-4H3/b13-10+. The zero-order valence-corrected chi connectivity index (χ0v) is 11.9. The minimum Gasteiger partial charge on any atom is -0.461 e. The molecule has 0 aromatic carbocycles. The Hall–Kier alpha value is -1.38. The summed E-state index contributed by atoms with van der Waals surface area (Å²) >= 11 is 0.